The second kappa shape index (κ2) is 7.49. The van der Waals surface area contributed by atoms with E-state index < -0.39 is 6.09 Å². The minimum Gasteiger partial charge on any atom is -0.465 e. The van der Waals surface area contributed by atoms with Crippen LogP contribution in [0.1, 0.15) is 18.4 Å². The van der Waals surface area contributed by atoms with Gasteiger partial charge in [-0.25, -0.2) is 9.79 Å². The Labute approximate surface area is 135 Å². The van der Waals surface area contributed by atoms with Gasteiger partial charge in [-0.05, 0) is 31.0 Å². The standard InChI is InChI=1S/C16H21N5O2/c1-20(2)11-18-15-6-5-14(8-12(15)9-17)21-7-3-4-13(10-21)19-16(22)23/h5-6,8,11,13,19H,3-4,7,10H2,1-2H3,(H,22,23)/b18-11+. The fourth-order valence-corrected chi connectivity index (χ4v) is 2.60. The van der Waals surface area contributed by atoms with Gasteiger partial charge in [0.1, 0.15) is 6.07 Å². The molecule has 2 rings (SSSR count). The summed E-state index contributed by atoms with van der Waals surface area (Å²) in [6.45, 7) is 1.46. The zero-order valence-corrected chi connectivity index (χ0v) is 13.4. The van der Waals surface area contributed by atoms with Crippen LogP contribution >= 0.6 is 0 Å². The number of hydrogen-bond donors (Lipinski definition) is 2. The Morgan fingerprint density at radius 2 is 2.35 bits per heavy atom. The summed E-state index contributed by atoms with van der Waals surface area (Å²) in [5.74, 6) is 0. The number of anilines is 1. The molecule has 0 saturated carbocycles. The van der Waals surface area contributed by atoms with Crippen LogP contribution in [0.2, 0.25) is 0 Å². The molecular weight excluding hydrogens is 294 g/mol. The summed E-state index contributed by atoms with van der Waals surface area (Å²) in [6, 6.07) is 7.64. The minimum absolute atomic E-state index is 0.0850. The predicted molar refractivity (Wildman–Crippen MR) is 89.4 cm³/mol. The number of carbonyl (C=O) groups is 1. The van der Waals surface area contributed by atoms with E-state index in [1.807, 2.05) is 37.2 Å². The van der Waals surface area contributed by atoms with Crippen molar-refractivity contribution in [1.29, 1.82) is 5.26 Å². The first-order valence-corrected chi connectivity index (χ1v) is 7.49. The highest BCUT2D eigenvalue weighted by Gasteiger charge is 2.21. The number of nitrogens with one attached hydrogen (secondary N) is 1. The molecule has 1 unspecified atom stereocenters. The van der Waals surface area contributed by atoms with E-state index in [4.69, 9.17) is 5.11 Å². The minimum atomic E-state index is -0.997. The van der Waals surface area contributed by atoms with Crippen LogP contribution in [0.25, 0.3) is 0 Å². The number of nitriles is 1. The molecule has 1 aromatic rings. The molecule has 7 heteroatoms. The molecule has 1 amide bonds. The van der Waals surface area contributed by atoms with Gasteiger partial charge in [-0.15, -0.1) is 0 Å². The molecule has 1 saturated heterocycles. The van der Waals surface area contributed by atoms with E-state index in [2.05, 4.69) is 21.3 Å². The van der Waals surface area contributed by atoms with Crippen molar-refractivity contribution in [3.63, 3.8) is 0 Å². The molecule has 1 heterocycles. The summed E-state index contributed by atoms with van der Waals surface area (Å²) in [4.78, 5) is 19.0. The lowest BCUT2D eigenvalue weighted by Crippen LogP contribution is -2.47. The molecular formula is C16H21N5O2. The van der Waals surface area contributed by atoms with Crippen molar-refractivity contribution in [1.82, 2.24) is 10.2 Å². The molecule has 1 aromatic carbocycles. The molecule has 7 nitrogen and oxygen atoms in total. The third-order valence-electron chi connectivity index (χ3n) is 3.64. The molecule has 0 radical (unpaired) electrons. The molecule has 1 aliphatic rings. The van der Waals surface area contributed by atoms with Crippen molar-refractivity contribution < 1.29 is 9.90 Å². The maximum Gasteiger partial charge on any atom is 0.404 e. The maximum absolute atomic E-state index is 10.8. The first kappa shape index (κ1) is 16.6. The van der Waals surface area contributed by atoms with Crippen LogP contribution < -0.4 is 10.2 Å². The normalized spacial score (nSPS) is 17.8. The number of nitrogens with zero attached hydrogens (tertiary/aromatic N) is 4. The molecule has 0 aliphatic carbocycles. The lowest BCUT2D eigenvalue weighted by molar-refractivity contribution is 0.188. The molecule has 0 aromatic heterocycles. The van der Waals surface area contributed by atoms with Crippen molar-refractivity contribution in [2.45, 2.75) is 18.9 Å². The summed E-state index contributed by atoms with van der Waals surface area (Å²) < 4.78 is 0. The first-order valence-electron chi connectivity index (χ1n) is 7.49. The molecule has 122 valence electrons. The molecule has 1 atom stereocenters. The number of benzene rings is 1. The second-order valence-electron chi connectivity index (χ2n) is 5.76. The number of carboxylic acid groups (broad SMARTS) is 1. The molecule has 1 fully saturated rings. The largest absolute Gasteiger partial charge is 0.465 e. The average Bonchev–Trinajstić information content (AvgIpc) is 2.52. The summed E-state index contributed by atoms with van der Waals surface area (Å²) in [7, 11) is 3.74. The summed E-state index contributed by atoms with van der Waals surface area (Å²) >= 11 is 0. The van der Waals surface area contributed by atoms with E-state index in [0.29, 0.717) is 17.8 Å². The third kappa shape index (κ3) is 4.61. The van der Waals surface area contributed by atoms with Crippen molar-refractivity contribution in [2.75, 3.05) is 32.1 Å². The van der Waals surface area contributed by atoms with Crippen LogP contribution in [0, 0.1) is 11.3 Å². The number of aliphatic imine (C=N–C) groups is 1. The number of rotatable bonds is 4. The Hall–Kier alpha value is -2.75. The smallest absolute Gasteiger partial charge is 0.404 e. The Morgan fingerprint density at radius 1 is 1.57 bits per heavy atom. The molecule has 0 bridgehead atoms. The van der Waals surface area contributed by atoms with Gasteiger partial charge in [0.2, 0.25) is 0 Å². The second-order valence-corrected chi connectivity index (χ2v) is 5.76. The van der Waals surface area contributed by atoms with Crippen molar-refractivity contribution >= 4 is 23.8 Å². The topological polar surface area (TPSA) is 92.0 Å². The summed E-state index contributed by atoms with van der Waals surface area (Å²) in [5.41, 5.74) is 2.05. The van der Waals surface area contributed by atoms with Crippen LogP contribution in [0.15, 0.2) is 23.2 Å². The Morgan fingerprint density at radius 3 is 3.00 bits per heavy atom. The van der Waals surface area contributed by atoms with Gasteiger partial charge >= 0.3 is 6.09 Å². The van der Waals surface area contributed by atoms with Gasteiger partial charge in [0, 0.05) is 38.9 Å². The van der Waals surface area contributed by atoms with E-state index >= 15 is 0 Å². The highest BCUT2D eigenvalue weighted by molar-refractivity contribution is 5.68. The highest BCUT2D eigenvalue weighted by atomic mass is 16.4. The first-order chi connectivity index (χ1) is 11.0. The van der Waals surface area contributed by atoms with Gasteiger partial charge in [-0.1, -0.05) is 0 Å². The van der Waals surface area contributed by atoms with Crippen molar-refractivity contribution in [2.24, 2.45) is 4.99 Å². The Bertz CT molecular complexity index is 636. The van der Waals surface area contributed by atoms with Crippen LogP contribution in [0.4, 0.5) is 16.2 Å². The van der Waals surface area contributed by atoms with E-state index in [9.17, 15) is 10.1 Å². The van der Waals surface area contributed by atoms with Crippen LogP contribution in [0.5, 0.6) is 0 Å². The molecule has 1 aliphatic heterocycles. The Kier molecular flexibility index (Phi) is 5.41. The summed E-state index contributed by atoms with van der Waals surface area (Å²) in [6.07, 6.45) is 2.40. The SMILES string of the molecule is CN(C)/C=N/c1ccc(N2CCCC(NC(=O)O)C2)cc1C#N. The lowest BCUT2D eigenvalue weighted by atomic mass is 10.0. The zero-order chi connectivity index (χ0) is 16.8. The quantitative estimate of drug-likeness (QED) is 0.655. The van der Waals surface area contributed by atoms with Gasteiger partial charge in [0.25, 0.3) is 0 Å². The van der Waals surface area contributed by atoms with Crippen LogP contribution in [0.3, 0.4) is 0 Å². The van der Waals surface area contributed by atoms with Crippen molar-refractivity contribution in [3.8, 4) is 6.07 Å². The molecule has 2 N–H and O–H groups in total. The van der Waals surface area contributed by atoms with E-state index in [1.165, 1.54) is 0 Å². The fourth-order valence-electron chi connectivity index (χ4n) is 2.60. The van der Waals surface area contributed by atoms with Gasteiger partial charge in [-0.2, -0.15) is 5.26 Å². The van der Waals surface area contributed by atoms with Gasteiger partial charge in [0.05, 0.1) is 17.6 Å². The van der Waals surface area contributed by atoms with E-state index in [1.54, 1.807) is 6.34 Å². The predicted octanol–water partition coefficient (Wildman–Crippen LogP) is 2.02. The van der Waals surface area contributed by atoms with Crippen LogP contribution in [-0.4, -0.2) is 55.7 Å². The highest BCUT2D eigenvalue weighted by Crippen LogP contribution is 2.27. The molecule has 0 spiro atoms. The number of amides is 1. The number of hydrogen-bond acceptors (Lipinski definition) is 4. The summed E-state index contributed by atoms with van der Waals surface area (Å²) in [5, 5.41) is 20.7. The van der Waals surface area contributed by atoms with E-state index in [0.717, 1.165) is 25.1 Å². The number of piperidine rings is 1. The monoisotopic (exact) mass is 315 g/mol. The van der Waals surface area contributed by atoms with Gasteiger partial charge < -0.3 is 20.2 Å². The fraction of sp³-hybridized carbons (Fsp3) is 0.438. The zero-order valence-electron chi connectivity index (χ0n) is 13.4. The molecule has 23 heavy (non-hydrogen) atoms. The average molecular weight is 315 g/mol. The maximum atomic E-state index is 10.8. The van der Waals surface area contributed by atoms with Crippen LogP contribution in [-0.2, 0) is 0 Å². The third-order valence-corrected chi connectivity index (χ3v) is 3.64. The lowest BCUT2D eigenvalue weighted by Gasteiger charge is -2.34. The van der Waals surface area contributed by atoms with Gasteiger partial charge in [0.15, 0.2) is 0 Å². The van der Waals surface area contributed by atoms with E-state index in [-0.39, 0.29) is 6.04 Å². The Balaban J connectivity index is 2.17. The van der Waals surface area contributed by atoms with Gasteiger partial charge in [-0.3, -0.25) is 0 Å². The van der Waals surface area contributed by atoms with Crippen molar-refractivity contribution in [3.05, 3.63) is 23.8 Å².